The second-order valence-corrected chi connectivity index (χ2v) is 6.99. The van der Waals surface area contributed by atoms with Gasteiger partial charge in [-0.2, -0.15) is 0 Å². The molecule has 18 heavy (non-hydrogen) atoms. The van der Waals surface area contributed by atoms with E-state index in [1.54, 1.807) is 0 Å². The van der Waals surface area contributed by atoms with Crippen LogP contribution in [0, 0.1) is 0 Å². The van der Waals surface area contributed by atoms with Gasteiger partial charge in [0.1, 0.15) is 0 Å². The Bertz CT molecular complexity index is 455. The molecule has 0 bridgehead atoms. The van der Waals surface area contributed by atoms with E-state index >= 15 is 0 Å². The number of aliphatic hydroxyl groups is 1. The van der Waals surface area contributed by atoms with E-state index in [1.165, 1.54) is 4.46 Å². The molecule has 0 aliphatic heterocycles. The first kappa shape index (κ1) is 13.4. The zero-order chi connectivity index (χ0) is 12.8. The number of aliphatic hydroxyl groups excluding tert-OH is 1. The molecule has 2 rings (SSSR count). The van der Waals surface area contributed by atoms with E-state index in [4.69, 9.17) is 0 Å². The van der Waals surface area contributed by atoms with Crippen LogP contribution in [0.15, 0.2) is 60.7 Å². The molecule has 2 aromatic carbocycles. The van der Waals surface area contributed by atoms with Crippen LogP contribution in [0.25, 0.3) is 0 Å². The van der Waals surface area contributed by atoms with Gasteiger partial charge in [-0.1, -0.05) is 0 Å². The fraction of sp³-hybridized carbons (Fsp3) is 0.250. The van der Waals surface area contributed by atoms with Gasteiger partial charge < -0.3 is 0 Å². The summed E-state index contributed by atoms with van der Waals surface area (Å²) >= 11 is 0.311. The van der Waals surface area contributed by atoms with Gasteiger partial charge in [-0.05, 0) is 0 Å². The molecule has 1 nitrogen and oxygen atoms in total. The Hall–Kier alpha value is -1.08. The Morgan fingerprint density at radius 2 is 1.50 bits per heavy atom. The number of hydrogen-bond acceptors (Lipinski definition) is 1. The summed E-state index contributed by atoms with van der Waals surface area (Å²) in [5.41, 5.74) is 1.03. The summed E-state index contributed by atoms with van der Waals surface area (Å²) < 4.78 is 1.35. The van der Waals surface area contributed by atoms with Crippen molar-refractivity contribution in [2.75, 3.05) is 0 Å². The molecule has 0 unspecified atom stereocenters. The molecule has 2 aromatic rings. The number of benzene rings is 2. The summed E-state index contributed by atoms with van der Waals surface area (Å²) in [4.78, 5) is 0.335. The van der Waals surface area contributed by atoms with Crippen LogP contribution in [-0.2, 0) is 0 Å². The fourth-order valence-electron chi connectivity index (χ4n) is 1.91. The third kappa shape index (κ3) is 3.46. The van der Waals surface area contributed by atoms with E-state index in [0.717, 1.165) is 12.0 Å². The van der Waals surface area contributed by atoms with Gasteiger partial charge in [-0.25, -0.2) is 0 Å². The van der Waals surface area contributed by atoms with E-state index < -0.39 is 0 Å². The summed E-state index contributed by atoms with van der Waals surface area (Å²) in [7, 11) is 0. The van der Waals surface area contributed by atoms with Crippen molar-refractivity contribution in [3.05, 3.63) is 66.2 Å². The number of rotatable bonds is 5. The van der Waals surface area contributed by atoms with Crippen molar-refractivity contribution in [1.82, 2.24) is 0 Å². The molecular formula is C16H18OSe. The quantitative estimate of drug-likeness (QED) is 0.842. The Morgan fingerprint density at radius 3 is 2.06 bits per heavy atom. The first-order valence-corrected chi connectivity index (χ1v) is 8.10. The first-order chi connectivity index (χ1) is 8.81. The van der Waals surface area contributed by atoms with Gasteiger partial charge in [0.2, 0.25) is 0 Å². The Morgan fingerprint density at radius 1 is 0.944 bits per heavy atom. The standard InChI is InChI=1S/C16H18OSe/c1-2-15(18-14-11-7-4-8-12-14)16(17)13-9-5-3-6-10-13/h3-12,15-17H,2H2,1H3/t15-,16-/m1/s1. The summed E-state index contributed by atoms with van der Waals surface area (Å²) in [5.74, 6) is 0. The van der Waals surface area contributed by atoms with Crippen LogP contribution >= 0.6 is 0 Å². The van der Waals surface area contributed by atoms with Gasteiger partial charge in [0.15, 0.2) is 0 Å². The number of hydrogen-bond donors (Lipinski definition) is 1. The molecule has 0 spiro atoms. The third-order valence-electron chi connectivity index (χ3n) is 2.93. The van der Waals surface area contributed by atoms with Crippen molar-refractivity contribution in [1.29, 1.82) is 0 Å². The molecule has 0 aliphatic carbocycles. The molecule has 0 heterocycles. The van der Waals surface area contributed by atoms with Crippen molar-refractivity contribution < 1.29 is 5.11 Å². The van der Waals surface area contributed by atoms with Crippen LogP contribution in [0.2, 0.25) is 4.82 Å². The normalized spacial score (nSPS) is 14.1. The van der Waals surface area contributed by atoms with Crippen molar-refractivity contribution in [3.8, 4) is 0 Å². The van der Waals surface area contributed by atoms with Gasteiger partial charge in [0, 0.05) is 0 Å². The minimum absolute atomic E-state index is 0.311. The van der Waals surface area contributed by atoms with E-state index in [9.17, 15) is 5.11 Å². The van der Waals surface area contributed by atoms with Crippen LogP contribution in [-0.4, -0.2) is 20.1 Å². The Labute approximate surface area is 115 Å². The van der Waals surface area contributed by atoms with Crippen LogP contribution in [0.5, 0.6) is 0 Å². The average Bonchev–Trinajstić information content (AvgIpc) is 2.46. The maximum absolute atomic E-state index is 10.5. The van der Waals surface area contributed by atoms with Gasteiger partial charge in [0.25, 0.3) is 0 Å². The van der Waals surface area contributed by atoms with Gasteiger partial charge in [-0.15, -0.1) is 0 Å². The molecule has 0 aromatic heterocycles. The SMILES string of the molecule is CC[C@@H]([Se]c1ccccc1)[C@H](O)c1ccccc1. The van der Waals surface area contributed by atoms with Crippen molar-refractivity contribution in [2.24, 2.45) is 0 Å². The van der Waals surface area contributed by atoms with Crippen LogP contribution < -0.4 is 4.46 Å². The molecule has 1 N–H and O–H groups in total. The summed E-state index contributed by atoms with van der Waals surface area (Å²) in [6.45, 7) is 2.15. The second-order valence-electron chi connectivity index (χ2n) is 4.23. The molecular weight excluding hydrogens is 287 g/mol. The molecule has 0 saturated carbocycles. The summed E-state index contributed by atoms with van der Waals surface area (Å²) in [6, 6.07) is 20.5. The van der Waals surface area contributed by atoms with E-state index in [1.807, 2.05) is 36.4 Å². The molecule has 0 fully saturated rings. The van der Waals surface area contributed by atoms with Gasteiger partial charge >= 0.3 is 115 Å². The second kappa shape index (κ2) is 6.75. The first-order valence-electron chi connectivity index (χ1n) is 6.26. The molecule has 94 valence electrons. The van der Waals surface area contributed by atoms with Gasteiger partial charge in [-0.3, -0.25) is 0 Å². The zero-order valence-corrected chi connectivity index (χ0v) is 12.2. The van der Waals surface area contributed by atoms with Crippen LogP contribution in [0.4, 0.5) is 0 Å². The summed E-state index contributed by atoms with van der Waals surface area (Å²) in [5, 5.41) is 10.5. The van der Waals surface area contributed by atoms with Crippen molar-refractivity contribution in [2.45, 2.75) is 24.3 Å². The fourth-order valence-corrected chi connectivity index (χ4v) is 4.25. The molecule has 0 saturated heterocycles. The Balaban J connectivity index is 2.09. The van der Waals surface area contributed by atoms with Crippen LogP contribution in [0.3, 0.4) is 0 Å². The molecule has 2 atom stereocenters. The maximum atomic E-state index is 10.5. The minimum atomic E-state index is -0.351. The monoisotopic (exact) mass is 306 g/mol. The van der Waals surface area contributed by atoms with E-state index in [-0.39, 0.29) is 6.10 Å². The molecule has 0 aliphatic rings. The predicted molar refractivity (Wildman–Crippen MR) is 77.3 cm³/mol. The average molecular weight is 305 g/mol. The topological polar surface area (TPSA) is 20.2 Å². The van der Waals surface area contributed by atoms with Gasteiger partial charge in [0.05, 0.1) is 0 Å². The van der Waals surface area contributed by atoms with Crippen molar-refractivity contribution >= 4 is 19.4 Å². The molecule has 0 amide bonds. The van der Waals surface area contributed by atoms with Crippen LogP contribution in [0.1, 0.15) is 25.0 Å². The molecule has 2 heteroatoms. The third-order valence-corrected chi connectivity index (χ3v) is 5.94. The zero-order valence-electron chi connectivity index (χ0n) is 10.5. The Kier molecular flexibility index (Phi) is 5.00. The predicted octanol–water partition coefficient (Wildman–Crippen LogP) is 2.95. The van der Waals surface area contributed by atoms with E-state index in [0.29, 0.717) is 19.8 Å². The van der Waals surface area contributed by atoms with Crippen molar-refractivity contribution in [3.63, 3.8) is 0 Å². The van der Waals surface area contributed by atoms with E-state index in [2.05, 4.69) is 31.2 Å². The summed E-state index contributed by atoms with van der Waals surface area (Å²) in [6.07, 6.45) is 0.654. The molecule has 0 radical (unpaired) electrons.